The maximum absolute atomic E-state index is 2.49. The maximum Gasteiger partial charge on any atom is 0.0468 e. The van der Waals surface area contributed by atoms with Crippen molar-refractivity contribution in [1.82, 2.24) is 0 Å². The molecule has 0 atom stereocenters. The minimum Gasteiger partial charge on any atom is -0.310 e. The third-order valence-electron chi connectivity index (χ3n) is 17.1. The number of hydrogen-bond donors (Lipinski definition) is 0. The van der Waals surface area contributed by atoms with Crippen LogP contribution >= 0.6 is 0 Å². The van der Waals surface area contributed by atoms with Gasteiger partial charge in [0.1, 0.15) is 0 Å². The van der Waals surface area contributed by atoms with Crippen LogP contribution in [0.15, 0.2) is 206 Å². The predicted molar refractivity (Wildman–Crippen MR) is 305 cm³/mol. The first-order chi connectivity index (χ1) is 34.3. The van der Waals surface area contributed by atoms with Gasteiger partial charge in [0.25, 0.3) is 0 Å². The molecule has 0 amide bonds. The largest absolute Gasteiger partial charge is 0.310 e. The molecule has 0 unspecified atom stereocenters. The van der Waals surface area contributed by atoms with Crippen LogP contribution in [0, 0.1) is 6.92 Å². The van der Waals surface area contributed by atoms with Crippen LogP contribution in [0.4, 0.5) is 17.1 Å². The van der Waals surface area contributed by atoms with Crippen molar-refractivity contribution in [3.63, 3.8) is 0 Å². The summed E-state index contributed by atoms with van der Waals surface area (Å²) in [5.41, 5.74) is 17.9. The minimum atomic E-state index is -0.213. The molecular formula is C70H55N. The van der Waals surface area contributed by atoms with Gasteiger partial charge in [-0.15, -0.1) is 0 Å². The molecule has 0 fully saturated rings. The van der Waals surface area contributed by atoms with E-state index >= 15 is 0 Å². The van der Waals surface area contributed by atoms with Crippen molar-refractivity contribution in [3.8, 4) is 22.3 Å². The third kappa shape index (κ3) is 6.25. The molecule has 71 heavy (non-hydrogen) atoms. The van der Waals surface area contributed by atoms with Gasteiger partial charge in [-0.05, 0) is 218 Å². The maximum atomic E-state index is 2.49. The number of aryl methyl sites for hydroxylation is 1. The SMILES string of the molecule is Cc1cc2ccccc2cc1C(C)(C)c1ccc2ccc(N(c3ccc4cc5c(cc4c3)C(C)(C)c3cc4ccccc4cc3-5)c3ccc4cc5c(cc4c3)C(C)(C)c3cc4ccccc4cc3-5)cc2c1. The zero-order valence-electron chi connectivity index (χ0n) is 41.6. The van der Waals surface area contributed by atoms with Crippen LogP contribution < -0.4 is 4.90 Å². The highest BCUT2D eigenvalue weighted by Crippen LogP contribution is 2.53. The molecule has 0 saturated heterocycles. The van der Waals surface area contributed by atoms with Crippen molar-refractivity contribution in [1.29, 1.82) is 0 Å². The summed E-state index contributed by atoms with van der Waals surface area (Å²) in [5, 5.41) is 15.2. The molecule has 12 aromatic carbocycles. The van der Waals surface area contributed by atoms with Crippen LogP contribution in [0.2, 0.25) is 0 Å². The lowest BCUT2D eigenvalue weighted by atomic mass is 9.75. The summed E-state index contributed by atoms with van der Waals surface area (Å²) in [6.07, 6.45) is 0. The minimum absolute atomic E-state index is 0.132. The summed E-state index contributed by atoms with van der Waals surface area (Å²) in [5.74, 6) is 0. The first-order valence-corrected chi connectivity index (χ1v) is 25.4. The number of fused-ring (bicyclic) bond motifs is 12. The van der Waals surface area contributed by atoms with Gasteiger partial charge in [-0.3, -0.25) is 0 Å². The average molecular weight is 910 g/mol. The molecule has 0 radical (unpaired) electrons. The Hall–Kier alpha value is -8.00. The van der Waals surface area contributed by atoms with E-state index < -0.39 is 0 Å². The topological polar surface area (TPSA) is 3.24 Å². The lowest BCUT2D eigenvalue weighted by Crippen LogP contribution is -2.20. The van der Waals surface area contributed by atoms with Crippen LogP contribution in [0.5, 0.6) is 0 Å². The quantitative estimate of drug-likeness (QED) is 0.166. The van der Waals surface area contributed by atoms with E-state index in [1.807, 2.05) is 0 Å². The summed E-state index contributed by atoms with van der Waals surface area (Å²) in [6, 6.07) is 78.9. The summed E-state index contributed by atoms with van der Waals surface area (Å²) >= 11 is 0. The standard InChI is InChI=1S/C70H55N/c1-42-28-44-14-8-11-17-47(44)37-63(42)68(2,3)55-24-20-43-21-25-56(30-52(43)29-55)71(57-26-22-50-35-61-59-33-45-15-9-12-18-48(45)38-64(59)69(4,5)66(61)40-53(50)31-57)58-27-23-51-36-62-60-34-46-16-10-13-19-49(46)39-65(60)70(6,7)67(62)41-54(51)32-58/h8-41H,1-7H3. The Bertz CT molecular complexity index is 4090. The highest BCUT2D eigenvalue weighted by atomic mass is 15.1. The first-order valence-electron chi connectivity index (χ1n) is 25.4. The van der Waals surface area contributed by atoms with Gasteiger partial charge < -0.3 is 4.90 Å². The van der Waals surface area contributed by atoms with E-state index in [2.05, 4.69) is 260 Å². The third-order valence-corrected chi connectivity index (χ3v) is 17.1. The number of anilines is 3. The van der Waals surface area contributed by atoms with E-state index in [1.54, 1.807) is 0 Å². The summed E-state index contributed by atoms with van der Waals surface area (Å²) in [4.78, 5) is 2.49. The van der Waals surface area contributed by atoms with E-state index in [1.165, 1.54) is 126 Å². The molecule has 0 heterocycles. The molecule has 12 aromatic rings. The Morgan fingerprint density at radius 3 is 1.07 bits per heavy atom. The fraction of sp³-hybridized carbons (Fsp3) is 0.143. The summed E-state index contributed by atoms with van der Waals surface area (Å²) in [7, 11) is 0. The Morgan fingerprint density at radius 2 is 0.634 bits per heavy atom. The van der Waals surface area contributed by atoms with Crippen LogP contribution in [0.3, 0.4) is 0 Å². The van der Waals surface area contributed by atoms with Gasteiger partial charge in [0.15, 0.2) is 0 Å². The number of hydrogen-bond acceptors (Lipinski definition) is 1. The van der Waals surface area contributed by atoms with E-state index in [9.17, 15) is 0 Å². The van der Waals surface area contributed by atoms with Gasteiger partial charge in [-0.25, -0.2) is 0 Å². The van der Waals surface area contributed by atoms with Crippen molar-refractivity contribution in [3.05, 3.63) is 245 Å². The van der Waals surface area contributed by atoms with Crippen LogP contribution in [0.1, 0.15) is 80.5 Å². The smallest absolute Gasteiger partial charge is 0.0468 e. The lowest BCUT2D eigenvalue weighted by Gasteiger charge is -2.29. The molecule has 0 saturated carbocycles. The highest BCUT2D eigenvalue weighted by molar-refractivity contribution is 6.03. The van der Waals surface area contributed by atoms with Crippen LogP contribution in [-0.2, 0) is 16.2 Å². The Labute approximate surface area is 416 Å². The van der Waals surface area contributed by atoms with Crippen molar-refractivity contribution in [2.24, 2.45) is 0 Å². The molecule has 0 bridgehead atoms. The van der Waals surface area contributed by atoms with Crippen molar-refractivity contribution < 1.29 is 0 Å². The van der Waals surface area contributed by atoms with E-state index in [0.29, 0.717) is 0 Å². The van der Waals surface area contributed by atoms with Gasteiger partial charge in [-0.1, -0.05) is 163 Å². The molecule has 0 spiro atoms. The van der Waals surface area contributed by atoms with E-state index in [-0.39, 0.29) is 16.2 Å². The van der Waals surface area contributed by atoms with Crippen molar-refractivity contribution >= 4 is 81.7 Å². The lowest BCUT2D eigenvalue weighted by molar-refractivity contribution is 0.638. The van der Waals surface area contributed by atoms with E-state index in [0.717, 1.165) is 17.1 Å². The molecule has 1 nitrogen and oxygen atoms in total. The van der Waals surface area contributed by atoms with Gasteiger partial charge in [0.2, 0.25) is 0 Å². The monoisotopic (exact) mass is 909 g/mol. The molecular weight excluding hydrogens is 855 g/mol. The molecule has 0 aliphatic heterocycles. The molecule has 2 aliphatic rings. The molecule has 0 aromatic heterocycles. The van der Waals surface area contributed by atoms with E-state index in [4.69, 9.17) is 0 Å². The van der Waals surface area contributed by atoms with Crippen LogP contribution in [-0.4, -0.2) is 0 Å². The van der Waals surface area contributed by atoms with Crippen LogP contribution in [0.25, 0.3) is 86.9 Å². The zero-order chi connectivity index (χ0) is 48.1. The van der Waals surface area contributed by atoms with Gasteiger partial charge >= 0.3 is 0 Å². The second-order valence-electron chi connectivity index (χ2n) is 22.3. The number of nitrogens with zero attached hydrogens (tertiary/aromatic N) is 1. The molecule has 2 aliphatic carbocycles. The zero-order valence-corrected chi connectivity index (χ0v) is 41.6. The molecule has 14 rings (SSSR count). The molecule has 0 N–H and O–H groups in total. The Balaban J connectivity index is 0.932. The number of benzene rings is 12. The van der Waals surface area contributed by atoms with Gasteiger partial charge in [-0.2, -0.15) is 0 Å². The van der Waals surface area contributed by atoms with Gasteiger partial charge in [0.05, 0.1) is 0 Å². The summed E-state index contributed by atoms with van der Waals surface area (Å²) < 4.78 is 0. The summed E-state index contributed by atoms with van der Waals surface area (Å²) in [6.45, 7) is 16.6. The second kappa shape index (κ2) is 14.8. The van der Waals surface area contributed by atoms with Crippen molar-refractivity contribution in [2.45, 2.75) is 64.7 Å². The Kier molecular flexibility index (Phi) is 8.72. The normalized spacial score (nSPS) is 14.4. The molecule has 1 heteroatoms. The molecule has 340 valence electrons. The van der Waals surface area contributed by atoms with Crippen molar-refractivity contribution in [2.75, 3.05) is 4.90 Å². The first kappa shape index (κ1) is 41.9. The fourth-order valence-corrected chi connectivity index (χ4v) is 13.0. The van der Waals surface area contributed by atoms with Gasteiger partial charge in [0, 0.05) is 33.3 Å². The Morgan fingerprint density at radius 1 is 0.310 bits per heavy atom. The average Bonchev–Trinajstić information content (AvgIpc) is 3.72. The fourth-order valence-electron chi connectivity index (χ4n) is 13.0. The highest BCUT2D eigenvalue weighted by Gasteiger charge is 2.38. The predicted octanol–water partition coefficient (Wildman–Crippen LogP) is 19.3. The second-order valence-corrected chi connectivity index (χ2v) is 22.3. The number of rotatable bonds is 5.